The quantitative estimate of drug-likeness (QED) is 0.783. The Kier molecular flexibility index (Phi) is 3.70. The molecule has 0 aliphatic rings. The molecule has 3 aromatic rings. The lowest BCUT2D eigenvalue weighted by molar-refractivity contribution is 0.562. The maximum Gasteiger partial charge on any atom is 0.0702 e. The van der Waals surface area contributed by atoms with E-state index in [-0.39, 0.29) is 6.04 Å². The van der Waals surface area contributed by atoms with Crippen molar-refractivity contribution in [1.82, 2.24) is 15.3 Å². The highest BCUT2D eigenvalue weighted by Crippen LogP contribution is 2.14. The monoisotopic (exact) mass is 263 g/mol. The highest BCUT2D eigenvalue weighted by atomic mass is 14.9. The third-order valence-corrected chi connectivity index (χ3v) is 3.41. The average Bonchev–Trinajstić information content (AvgIpc) is 2.53. The topological polar surface area (TPSA) is 37.8 Å². The van der Waals surface area contributed by atoms with Gasteiger partial charge in [0.15, 0.2) is 0 Å². The molecular weight excluding hydrogens is 246 g/mol. The molecule has 100 valence electrons. The zero-order valence-corrected chi connectivity index (χ0v) is 11.5. The number of hydrogen-bond donors (Lipinski definition) is 1. The van der Waals surface area contributed by atoms with Crippen LogP contribution in [0.15, 0.2) is 60.9 Å². The predicted octanol–water partition coefficient (Wildman–Crippen LogP) is 3.48. The van der Waals surface area contributed by atoms with E-state index < -0.39 is 0 Å². The number of pyridine rings is 2. The smallest absolute Gasteiger partial charge is 0.0702 e. The number of benzene rings is 1. The Morgan fingerprint density at radius 3 is 2.75 bits per heavy atom. The van der Waals surface area contributed by atoms with Crippen LogP contribution in [0.25, 0.3) is 10.9 Å². The standard InChI is InChI=1S/C17H17N3/c1-13(16-6-2-3-9-18-16)20-12-14-7-8-17-15(11-14)5-4-10-19-17/h2-11,13,20H,12H2,1H3. The summed E-state index contributed by atoms with van der Waals surface area (Å²) in [4.78, 5) is 8.70. The molecular formula is C17H17N3. The lowest BCUT2D eigenvalue weighted by Crippen LogP contribution is -2.18. The summed E-state index contributed by atoms with van der Waals surface area (Å²) in [5.74, 6) is 0. The first-order valence-electron chi connectivity index (χ1n) is 6.81. The fraction of sp³-hybridized carbons (Fsp3) is 0.176. The van der Waals surface area contributed by atoms with Crippen LogP contribution in [-0.4, -0.2) is 9.97 Å². The van der Waals surface area contributed by atoms with Crippen molar-refractivity contribution in [1.29, 1.82) is 0 Å². The Labute approximate surface area is 118 Å². The Balaban J connectivity index is 1.70. The fourth-order valence-corrected chi connectivity index (χ4v) is 2.24. The van der Waals surface area contributed by atoms with Crippen molar-refractivity contribution in [2.45, 2.75) is 19.5 Å². The predicted molar refractivity (Wildman–Crippen MR) is 81.2 cm³/mol. The molecule has 0 amide bonds. The minimum absolute atomic E-state index is 0.237. The van der Waals surface area contributed by atoms with Gasteiger partial charge in [-0.3, -0.25) is 9.97 Å². The van der Waals surface area contributed by atoms with Crippen molar-refractivity contribution in [3.63, 3.8) is 0 Å². The fourth-order valence-electron chi connectivity index (χ4n) is 2.24. The van der Waals surface area contributed by atoms with Gasteiger partial charge in [-0.05, 0) is 42.8 Å². The van der Waals surface area contributed by atoms with Gasteiger partial charge in [-0.25, -0.2) is 0 Å². The van der Waals surface area contributed by atoms with Gasteiger partial charge in [0.1, 0.15) is 0 Å². The molecule has 0 radical (unpaired) electrons. The SMILES string of the molecule is CC(NCc1ccc2ncccc2c1)c1ccccn1. The first-order chi connectivity index (χ1) is 9.83. The molecule has 0 bridgehead atoms. The van der Waals surface area contributed by atoms with Crippen LogP contribution >= 0.6 is 0 Å². The maximum absolute atomic E-state index is 4.37. The number of fused-ring (bicyclic) bond motifs is 1. The number of rotatable bonds is 4. The van der Waals surface area contributed by atoms with E-state index in [0.717, 1.165) is 17.8 Å². The Morgan fingerprint density at radius 2 is 1.90 bits per heavy atom. The van der Waals surface area contributed by atoms with Crippen LogP contribution in [0.1, 0.15) is 24.2 Å². The molecule has 1 unspecified atom stereocenters. The summed E-state index contributed by atoms with van der Waals surface area (Å²) in [5.41, 5.74) is 3.36. The third-order valence-electron chi connectivity index (χ3n) is 3.41. The summed E-state index contributed by atoms with van der Waals surface area (Å²) in [6, 6.07) is 16.7. The zero-order valence-electron chi connectivity index (χ0n) is 11.5. The molecule has 20 heavy (non-hydrogen) atoms. The van der Waals surface area contributed by atoms with Gasteiger partial charge in [0.25, 0.3) is 0 Å². The molecule has 3 rings (SSSR count). The number of hydrogen-bond acceptors (Lipinski definition) is 3. The molecule has 3 heteroatoms. The lowest BCUT2D eigenvalue weighted by atomic mass is 10.1. The second kappa shape index (κ2) is 5.80. The third kappa shape index (κ3) is 2.83. The van der Waals surface area contributed by atoms with E-state index in [1.165, 1.54) is 10.9 Å². The van der Waals surface area contributed by atoms with Crippen LogP contribution in [0, 0.1) is 0 Å². The van der Waals surface area contributed by atoms with Gasteiger partial charge in [0.2, 0.25) is 0 Å². The summed E-state index contributed by atoms with van der Waals surface area (Å²) >= 11 is 0. The highest BCUT2D eigenvalue weighted by molar-refractivity contribution is 5.78. The maximum atomic E-state index is 4.37. The minimum Gasteiger partial charge on any atom is -0.305 e. The van der Waals surface area contributed by atoms with E-state index in [1.807, 2.05) is 36.7 Å². The number of nitrogens with zero attached hydrogens (tertiary/aromatic N) is 2. The molecule has 1 N–H and O–H groups in total. The van der Waals surface area contributed by atoms with Crippen LogP contribution in [0.5, 0.6) is 0 Å². The van der Waals surface area contributed by atoms with Crippen LogP contribution in [0.4, 0.5) is 0 Å². The molecule has 2 heterocycles. The van der Waals surface area contributed by atoms with Crippen molar-refractivity contribution in [2.75, 3.05) is 0 Å². The van der Waals surface area contributed by atoms with E-state index in [4.69, 9.17) is 0 Å². The molecule has 0 saturated heterocycles. The molecule has 1 aromatic carbocycles. The normalized spacial score (nSPS) is 12.4. The summed E-state index contributed by atoms with van der Waals surface area (Å²) in [6.07, 6.45) is 3.65. The molecule has 1 atom stereocenters. The average molecular weight is 263 g/mol. The van der Waals surface area contributed by atoms with Gasteiger partial charge in [0.05, 0.1) is 11.2 Å². The first kappa shape index (κ1) is 12.8. The van der Waals surface area contributed by atoms with E-state index in [1.54, 1.807) is 0 Å². The van der Waals surface area contributed by atoms with Gasteiger partial charge >= 0.3 is 0 Å². The molecule has 0 fully saturated rings. The molecule has 3 nitrogen and oxygen atoms in total. The van der Waals surface area contributed by atoms with Crippen LogP contribution in [0.3, 0.4) is 0 Å². The van der Waals surface area contributed by atoms with Crippen LogP contribution in [-0.2, 0) is 6.54 Å². The van der Waals surface area contributed by atoms with E-state index >= 15 is 0 Å². The summed E-state index contributed by atoms with van der Waals surface area (Å²) in [5, 5.41) is 4.68. The van der Waals surface area contributed by atoms with E-state index in [9.17, 15) is 0 Å². The van der Waals surface area contributed by atoms with Crippen molar-refractivity contribution < 1.29 is 0 Å². The Morgan fingerprint density at radius 1 is 1.00 bits per heavy atom. The molecule has 0 aliphatic heterocycles. The second-order valence-corrected chi connectivity index (χ2v) is 4.89. The summed E-state index contributed by atoms with van der Waals surface area (Å²) in [6.45, 7) is 2.95. The number of aromatic nitrogens is 2. The van der Waals surface area contributed by atoms with Gasteiger partial charge in [-0.2, -0.15) is 0 Å². The van der Waals surface area contributed by atoms with Gasteiger partial charge < -0.3 is 5.32 Å². The van der Waals surface area contributed by atoms with Crippen molar-refractivity contribution in [3.8, 4) is 0 Å². The Bertz CT molecular complexity index is 695. The largest absolute Gasteiger partial charge is 0.305 e. The second-order valence-electron chi connectivity index (χ2n) is 4.89. The van der Waals surface area contributed by atoms with Crippen molar-refractivity contribution in [2.24, 2.45) is 0 Å². The van der Waals surface area contributed by atoms with Gasteiger partial charge in [0, 0.05) is 30.4 Å². The zero-order chi connectivity index (χ0) is 13.8. The van der Waals surface area contributed by atoms with E-state index in [0.29, 0.717) is 0 Å². The molecule has 2 aromatic heterocycles. The van der Waals surface area contributed by atoms with Gasteiger partial charge in [-0.1, -0.05) is 18.2 Å². The van der Waals surface area contributed by atoms with Crippen LogP contribution < -0.4 is 5.32 Å². The van der Waals surface area contributed by atoms with E-state index in [2.05, 4.69) is 46.5 Å². The molecule has 0 spiro atoms. The molecule has 0 saturated carbocycles. The lowest BCUT2D eigenvalue weighted by Gasteiger charge is -2.13. The van der Waals surface area contributed by atoms with Crippen molar-refractivity contribution in [3.05, 3.63) is 72.2 Å². The highest BCUT2D eigenvalue weighted by Gasteiger charge is 2.05. The molecule has 0 aliphatic carbocycles. The Hall–Kier alpha value is -2.26. The van der Waals surface area contributed by atoms with Crippen LogP contribution in [0.2, 0.25) is 0 Å². The number of nitrogens with one attached hydrogen (secondary N) is 1. The van der Waals surface area contributed by atoms with Crippen molar-refractivity contribution >= 4 is 10.9 Å². The minimum atomic E-state index is 0.237. The first-order valence-corrected chi connectivity index (χ1v) is 6.81. The summed E-state index contributed by atoms with van der Waals surface area (Å²) in [7, 11) is 0. The van der Waals surface area contributed by atoms with Gasteiger partial charge in [-0.15, -0.1) is 0 Å². The summed E-state index contributed by atoms with van der Waals surface area (Å²) < 4.78 is 0.